The van der Waals surface area contributed by atoms with Gasteiger partial charge in [0.05, 0.1) is 13.5 Å². The smallest absolute Gasteiger partial charge is 0.311 e. The molecule has 156 valence electrons. The molecular formula is C22H21ClFN3O2S. The molecule has 8 heteroatoms. The quantitative estimate of drug-likeness (QED) is 0.510. The zero-order chi connectivity index (χ0) is 21.4. The standard InChI is InChI=1S/C22H21ClFN3O2S/c1-12-5-4-6-13(2)19(12)25-21-20(16-8-7-14(24)9-17(16)23)26-22-27(21)15(11-30-22)10-18(28)29-3/h4-6,8-9,11,14,25H,7,10H2,1-3H3. The number of nitrogens with zero attached hydrogens (tertiary/aromatic N) is 2. The van der Waals surface area contributed by atoms with Crippen LogP contribution in [0.5, 0.6) is 0 Å². The van der Waals surface area contributed by atoms with Crippen LogP contribution in [-0.2, 0) is 16.0 Å². The van der Waals surface area contributed by atoms with Gasteiger partial charge in [0.1, 0.15) is 17.7 Å². The molecule has 0 aliphatic heterocycles. The Morgan fingerprint density at radius 2 is 2.13 bits per heavy atom. The monoisotopic (exact) mass is 445 g/mol. The third-order valence-electron chi connectivity index (χ3n) is 5.10. The molecule has 0 spiro atoms. The Morgan fingerprint density at radius 1 is 1.40 bits per heavy atom. The van der Waals surface area contributed by atoms with E-state index in [1.165, 1.54) is 24.5 Å². The van der Waals surface area contributed by atoms with E-state index in [1.807, 2.05) is 41.8 Å². The number of nitrogens with one attached hydrogen (secondary N) is 1. The van der Waals surface area contributed by atoms with Gasteiger partial charge in [0.25, 0.3) is 0 Å². The van der Waals surface area contributed by atoms with Crippen molar-refractivity contribution < 1.29 is 13.9 Å². The minimum Gasteiger partial charge on any atom is -0.469 e. The van der Waals surface area contributed by atoms with Gasteiger partial charge in [-0.15, -0.1) is 11.3 Å². The molecule has 1 aliphatic carbocycles. The third kappa shape index (κ3) is 3.75. The third-order valence-corrected chi connectivity index (χ3v) is 6.30. The second-order valence-corrected chi connectivity index (χ2v) is 8.43. The van der Waals surface area contributed by atoms with Crippen LogP contribution in [0.2, 0.25) is 0 Å². The van der Waals surface area contributed by atoms with Gasteiger partial charge in [-0.3, -0.25) is 9.20 Å². The fourth-order valence-electron chi connectivity index (χ4n) is 3.55. The number of hydrogen-bond acceptors (Lipinski definition) is 5. The van der Waals surface area contributed by atoms with Crippen molar-refractivity contribution in [2.75, 3.05) is 12.4 Å². The van der Waals surface area contributed by atoms with E-state index < -0.39 is 6.17 Å². The van der Waals surface area contributed by atoms with E-state index in [4.69, 9.17) is 21.3 Å². The fraction of sp³-hybridized carbons (Fsp3) is 0.273. The van der Waals surface area contributed by atoms with Crippen LogP contribution >= 0.6 is 22.9 Å². The van der Waals surface area contributed by atoms with E-state index in [2.05, 4.69) is 5.32 Å². The van der Waals surface area contributed by atoms with E-state index in [9.17, 15) is 9.18 Å². The van der Waals surface area contributed by atoms with E-state index in [0.717, 1.165) is 22.5 Å². The summed E-state index contributed by atoms with van der Waals surface area (Å²) in [6, 6.07) is 6.05. The highest BCUT2D eigenvalue weighted by molar-refractivity contribution is 7.15. The van der Waals surface area contributed by atoms with Crippen LogP contribution in [0.3, 0.4) is 0 Å². The summed E-state index contributed by atoms with van der Waals surface area (Å²) in [7, 11) is 1.37. The van der Waals surface area contributed by atoms with Gasteiger partial charge in [-0.1, -0.05) is 35.9 Å². The average molecular weight is 446 g/mol. The number of halogens is 2. The number of para-hydroxylation sites is 1. The van der Waals surface area contributed by atoms with Crippen LogP contribution in [0.1, 0.15) is 28.9 Å². The molecule has 0 amide bonds. The van der Waals surface area contributed by atoms with Gasteiger partial charge in [0, 0.05) is 33.8 Å². The number of methoxy groups -OCH3 is 1. The number of ether oxygens (including phenoxy) is 1. The van der Waals surface area contributed by atoms with Gasteiger partial charge in [-0.05, 0) is 31.1 Å². The number of allylic oxidation sites excluding steroid dienone is 4. The number of carbonyl (C=O) groups is 1. The van der Waals surface area contributed by atoms with Crippen molar-refractivity contribution >= 4 is 50.9 Å². The molecule has 1 unspecified atom stereocenters. The van der Waals surface area contributed by atoms with Crippen molar-refractivity contribution in [2.45, 2.75) is 32.9 Å². The second kappa shape index (κ2) is 8.24. The Hall–Kier alpha value is -2.64. The van der Waals surface area contributed by atoms with Crippen molar-refractivity contribution in [1.82, 2.24) is 9.38 Å². The highest BCUT2D eigenvalue weighted by Crippen LogP contribution is 2.39. The molecule has 4 rings (SSSR count). The minimum atomic E-state index is -1.10. The number of alkyl halides is 1. The topological polar surface area (TPSA) is 55.6 Å². The lowest BCUT2D eigenvalue weighted by molar-refractivity contribution is -0.139. The van der Waals surface area contributed by atoms with E-state index >= 15 is 0 Å². The largest absolute Gasteiger partial charge is 0.469 e. The first kappa shape index (κ1) is 20.6. The van der Waals surface area contributed by atoms with Crippen LogP contribution in [0.4, 0.5) is 15.9 Å². The first-order valence-corrected chi connectivity index (χ1v) is 10.8. The average Bonchev–Trinajstić information content (AvgIpc) is 3.25. The number of fused-ring (bicyclic) bond motifs is 1. The van der Waals surface area contributed by atoms with Crippen molar-refractivity contribution in [3.63, 3.8) is 0 Å². The summed E-state index contributed by atoms with van der Waals surface area (Å²) in [6.45, 7) is 4.05. The Kier molecular flexibility index (Phi) is 5.66. The van der Waals surface area contributed by atoms with E-state index in [1.54, 1.807) is 6.08 Å². The molecule has 3 aromatic rings. The summed E-state index contributed by atoms with van der Waals surface area (Å²) >= 11 is 7.82. The van der Waals surface area contributed by atoms with Crippen LogP contribution < -0.4 is 5.32 Å². The van der Waals surface area contributed by atoms with E-state index in [-0.39, 0.29) is 18.8 Å². The van der Waals surface area contributed by atoms with E-state index in [0.29, 0.717) is 27.1 Å². The van der Waals surface area contributed by atoms with Crippen molar-refractivity contribution in [1.29, 1.82) is 0 Å². The molecule has 1 N–H and O–H groups in total. The highest BCUT2D eigenvalue weighted by atomic mass is 35.5. The molecule has 2 aromatic heterocycles. The van der Waals surface area contributed by atoms with Gasteiger partial charge >= 0.3 is 5.97 Å². The summed E-state index contributed by atoms with van der Waals surface area (Å²) in [5.74, 6) is 0.357. The Labute approximate surface area is 182 Å². The molecule has 30 heavy (non-hydrogen) atoms. The summed E-state index contributed by atoms with van der Waals surface area (Å²) in [4.78, 5) is 17.4. The van der Waals surface area contributed by atoms with Crippen LogP contribution in [0, 0.1) is 13.8 Å². The molecule has 5 nitrogen and oxygen atoms in total. The number of benzene rings is 1. The fourth-order valence-corrected chi connectivity index (χ4v) is 4.74. The first-order valence-electron chi connectivity index (χ1n) is 9.50. The van der Waals surface area contributed by atoms with Gasteiger partial charge in [-0.2, -0.15) is 0 Å². The molecule has 0 saturated carbocycles. The summed E-state index contributed by atoms with van der Waals surface area (Å²) in [5, 5.41) is 5.74. The minimum absolute atomic E-state index is 0.114. The number of esters is 1. The van der Waals surface area contributed by atoms with Crippen LogP contribution in [0.25, 0.3) is 10.5 Å². The van der Waals surface area contributed by atoms with Gasteiger partial charge in [-0.25, -0.2) is 9.37 Å². The number of carbonyl (C=O) groups excluding carboxylic acids is 1. The predicted molar refractivity (Wildman–Crippen MR) is 119 cm³/mol. The number of aryl methyl sites for hydroxylation is 2. The highest BCUT2D eigenvalue weighted by Gasteiger charge is 2.25. The van der Waals surface area contributed by atoms with Crippen LogP contribution in [-0.4, -0.2) is 28.6 Å². The van der Waals surface area contributed by atoms with Crippen molar-refractivity contribution in [3.05, 3.63) is 63.3 Å². The number of anilines is 2. The maximum absolute atomic E-state index is 13.8. The zero-order valence-electron chi connectivity index (χ0n) is 16.8. The SMILES string of the molecule is COC(=O)Cc1csc2nc(C3=CCC(F)C=C3Cl)c(Nc3c(C)cccc3C)n12. The summed E-state index contributed by atoms with van der Waals surface area (Å²) < 4.78 is 20.5. The second-order valence-electron chi connectivity index (χ2n) is 7.18. The Balaban J connectivity index is 1.90. The van der Waals surface area contributed by atoms with Crippen molar-refractivity contribution in [2.24, 2.45) is 0 Å². The summed E-state index contributed by atoms with van der Waals surface area (Å²) in [6.07, 6.45) is 2.44. The molecule has 0 fully saturated rings. The van der Waals surface area contributed by atoms with Gasteiger partial charge in [0.15, 0.2) is 4.96 Å². The number of hydrogen-bond donors (Lipinski definition) is 1. The zero-order valence-corrected chi connectivity index (χ0v) is 18.4. The molecule has 1 atom stereocenters. The van der Waals surface area contributed by atoms with Crippen LogP contribution in [0.15, 0.2) is 40.8 Å². The lowest BCUT2D eigenvalue weighted by Crippen LogP contribution is -2.09. The van der Waals surface area contributed by atoms with Gasteiger partial charge in [0.2, 0.25) is 0 Å². The molecule has 1 aliphatic rings. The molecular weight excluding hydrogens is 425 g/mol. The number of thiazole rings is 1. The molecule has 1 aromatic carbocycles. The molecule has 0 saturated heterocycles. The lowest BCUT2D eigenvalue weighted by Gasteiger charge is -2.17. The predicted octanol–water partition coefficient (Wildman–Crippen LogP) is 5.72. The molecule has 0 bridgehead atoms. The number of imidazole rings is 1. The summed E-state index contributed by atoms with van der Waals surface area (Å²) in [5.41, 5.74) is 5.17. The molecule has 2 heterocycles. The lowest BCUT2D eigenvalue weighted by atomic mass is 10.0. The Bertz CT molecular complexity index is 1170. The maximum atomic E-state index is 13.8. The Morgan fingerprint density at radius 3 is 2.80 bits per heavy atom. The van der Waals surface area contributed by atoms with Gasteiger partial charge < -0.3 is 10.1 Å². The molecule has 0 radical (unpaired) electrons. The first-order chi connectivity index (χ1) is 14.4. The normalized spacial score (nSPS) is 16.4. The maximum Gasteiger partial charge on any atom is 0.311 e. The number of rotatable bonds is 5. The van der Waals surface area contributed by atoms with Crippen molar-refractivity contribution in [3.8, 4) is 0 Å². The number of aromatic nitrogens is 2.